The second-order valence-electron chi connectivity index (χ2n) is 5.20. The Kier molecular flexibility index (Phi) is 5.10. The van der Waals surface area contributed by atoms with Crippen LogP contribution in [0, 0.1) is 5.92 Å². The van der Waals surface area contributed by atoms with Crippen molar-refractivity contribution < 1.29 is 26.3 Å². The van der Waals surface area contributed by atoms with Crippen LogP contribution in [0.15, 0.2) is 18.2 Å². The summed E-state index contributed by atoms with van der Waals surface area (Å²) in [6.07, 6.45) is -8.00. The summed E-state index contributed by atoms with van der Waals surface area (Å²) in [5.74, 6) is 0.364. The summed E-state index contributed by atoms with van der Waals surface area (Å²) in [5, 5.41) is 0. The average Bonchev–Trinajstić information content (AvgIpc) is 2.25. The Hall–Kier alpha value is -1.20. The molecule has 0 spiro atoms. The first-order chi connectivity index (χ1) is 9.00. The smallest absolute Gasteiger partial charge is 0.166 e. The van der Waals surface area contributed by atoms with Crippen LogP contribution in [0.1, 0.15) is 43.4 Å². The van der Waals surface area contributed by atoms with Crippen LogP contribution < -0.4 is 0 Å². The predicted octanol–water partition coefficient (Wildman–Crippen LogP) is 5.70. The monoisotopic (exact) mass is 298 g/mol. The molecule has 1 aromatic carbocycles. The highest BCUT2D eigenvalue weighted by Gasteiger charge is 2.36. The van der Waals surface area contributed by atoms with Crippen molar-refractivity contribution in [2.45, 2.75) is 45.5 Å². The first kappa shape index (κ1) is 16.9. The maximum Gasteiger partial charge on any atom is 0.416 e. The number of halogens is 6. The second kappa shape index (κ2) is 6.06. The lowest BCUT2D eigenvalue weighted by atomic mass is 9.98. The van der Waals surface area contributed by atoms with E-state index in [4.69, 9.17) is 0 Å². The van der Waals surface area contributed by atoms with E-state index >= 15 is 0 Å². The van der Waals surface area contributed by atoms with Crippen LogP contribution in [0.4, 0.5) is 26.3 Å². The Balaban J connectivity index is 3.05. The molecule has 0 saturated carbocycles. The van der Waals surface area contributed by atoms with Gasteiger partial charge in [0, 0.05) is 0 Å². The number of rotatable bonds is 4. The Morgan fingerprint density at radius 2 is 1.30 bits per heavy atom. The molecule has 1 aromatic rings. The van der Waals surface area contributed by atoms with Crippen LogP contribution in [-0.4, -0.2) is 0 Å². The van der Waals surface area contributed by atoms with E-state index in [1.54, 1.807) is 0 Å². The maximum absolute atomic E-state index is 12.6. The van der Waals surface area contributed by atoms with E-state index in [2.05, 4.69) is 0 Å². The van der Waals surface area contributed by atoms with Crippen molar-refractivity contribution in [1.29, 1.82) is 0 Å². The van der Waals surface area contributed by atoms with Crippen LogP contribution in [0.5, 0.6) is 0 Å². The highest BCUT2D eigenvalue weighted by atomic mass is 19.4. The minimum atomic E-state index is -4.77. The van der Waals surface area contributed by atoms with Crippen molar-refractivity contribution in [3.8, 4) is 0 Å². The van der Waals surface area contributed by atoms with E-state index in [0.717, 1.165) is 18.6 Å². The molecule has 0 aliphatic rings. The fourth-order valence-corrected chi connectivity index (χ4v) is 1.88. The standard InChI is InChI=1S/C14H16F6/c1-9(2)4-3-5-10-6-11(13(15,16)17)8-12(7-10)14(18,19)20/h6-9H,3-5H2,1-2H3. The van der Waals surface area contributed by atoms with Gasteiger partial charge in [-0.3, -0.25) is 0 Å². The summed E-state index contributed by atoms with van der Waals surface area (Å²) in [6.45, 7) is 3.90. The second-order valence-corrected chi connectivity index (χ2v) is 5.20. The first-order valence-electron chi connectivity index (χ1n) is 6.28. The Morgan fingerprint density at radius 3 is 1.65 bits per heavy atom. The van der Waals surface area contributed by atoms with Crippen molar-refractivity contribution in [2.24, 2.45) is 5.92 Å². The lowest BCUT2D eigenvalue weighted by Crippen LogP contribution is -2.11. The molecular weight excluding hydrogens is 282 g/mol. The van der Waals surface area contributed by atoms with Gasteiger partial charge in [0.25, 0.3) is 0 Å². The third kappa shape index (κ3) is 5.06. The van der Waals surface area contributed by atoms with Gasteiger partial charge in [-0.1, -0.05) is 20.3 Å². The van der Waals surface area contributed by atoms with Gasteiger partial charge in [-0.2, -0.15) is 26.3 Å². The van der Waals surface area contributed by atoms with Crippen LogP contribution in [0.2, 0.25) is 0 Å². The highest BCUT2D eigenvalue weighted by molar-refractivity contribution is 5.33. The van der Waals surface area contributed by atoms with Crippen molar-refractivity contribution >= 4 is 0 Å². The molecule has 0 heterocycles. The van der Waals surface area contributed by atoms with Gasteiger partial charge in [-0.15, -0.1) is 0 Å². The summed E-state index contributed by atoms with van der Waals surface area (Å²) in [7, 11) is 0. The largest absolute Gasteiger partial charge is 0.416 e. The van der Waals surface area contributed by atoms with Crippen molar-refractivity contribution in [3.05, 3.63) is 34.9 Å². The predicted molar refractivity (Wildman–Crippen MR) is 64.2 cm³/mol. The molecule has 0 N–H and O–H groups in total. The van der Waals surface area contributed by atoms with E-state index in [0.29, 0.717) is 12.3 Å². The summed E-state index contributed by atoms with van der Waals surface area (Å²) in [4.78, 5) is 0. The van der Waals surface area contributed by atoms with Crippen LogP contribution in [-0.2, 0) is 18.8 Å². The Labute approximate surface area is 113 Å². The molecule has 0 atom stereocenters. The van der Waals surface area contributed by atoms with Gasteiger partial charge < -0.3 is 0 Å². The zero-order valence-electron chi connectivity index (χ0n) is 11.2. The molecular formula is C14H16F6. The zero-order chi connectivity index (χ0) is 15.6. The summed E-state index contributed by atoms with van der Waals surface area (Å²) >= 11 is 0. The Morgan fingerprint density at radius 1 is 0.850 bits per heavy atom. The maximum atomic E-state index is 12.6. The fourth-order valence-electron chi connectivity index (χ4n) is 1.88. The van der Waals surface area contributed by atoms with Crippen LogP contribution in [0.3, 0.4) is 0 Å². The van der Waals surface area contributed by atoms with Gasteiger partial charge in [-0.05, 0) is 42.5 Å². The van der Waals surface area contributed by atoms with E-state index in [1.165, 1.54) is 0 Å². The average molecular weight is 298 g/mol. The lowest BCUT2D eigenvalue weighted by Gasteiger charge is -2.14. The van der Waals surface area contributed by atoms with E-state index in [9.17, 15) is 26.3 Å². The van der Waals surface area contributed by atoms with Gasteiger partial charge in [0.15, 0.2) is 0 Å². The fraction of sp³-hybridized carbons (Fsp3) is 0.571. The molecule has 20 heavy (non-hydrogen) atoms. The van der Waals surface area contributed by atoms with Gasteiger partial charge in [0.2, 0.25) is 0 Å². The Bertz CT molecular complexity index is 410. The number of aryl methyl sites for hydroxylation is 1. The third-order valence-corrected chi connectivity index (χ3v) is 2.89. The van der Waals surface area contributed by atoms with Crippen LogP contribution >= 0.6 is 0 Å². The molecule has 114 valence electrons. The van der Waals surface area contributed by atoms with Crippen molar-refractivity contribution in [1.82, 2.24) is 0 Å². The first-order valence-corrected chi connectivity index (χ1v) is 6.28. The molecule has 0 unspecified atom stereocenters. The molecule has 0 bridgehead atoms. The van der Waals surface area contributed by atoms with Gasteiger partial charge in [0.1, 0.15) is 0 Å². The number of benzene rings is 1. The lowest BCUT2D eigenvalue weighted by molar-refractivity contribution is -0.143. The molecule has 0 radical (unpaired) electrons. The van der Waals surface area contributed by atoms with Gasteiger partial charge in [-0.25, -0.2) is 0 Å². The summed E-state index contributed by atoms with van der Waals surface area (Å²) < 4.78 is 75.7. The minimum Gasteiger partial charge on any atom is -0.166 e. The topological polar surface area (TPSA) is 0 Å². The van der Waals surface area contributed by atoms with E-state index < -0.39 is 23.5 Å². The van der Waals surface area contributed by atoms with E-state index in [-0.39, 0.29) is 18.1 Å². The summed E-state index contributed by atoms with van der Waals surface area (Å²) in [6, 6.07) is 1.76. The number of alkyl halides is 6. The van der Waals surface area contributed by atoms with Crippen LogP contribution in [0.25, 0.3) is 0 Å². The minimum absolute atomic E-state index is 0.0767. The number of hydrogen-bond donors (Lipinski definition) is 0. The van der Waals surface area contributed by atoms with E-state index in [1.807, 2.05) is 13.8 Å². The van der Waals surface area contributed by atoms with Crippen molar-refractivity contribution in [2.75, 3.05) is 0 Å². The van der Waals surface area contributed by atoms with Gasteiger partial charge >= 0.3 is 12.4 Å². The van der Waals surface area contributed by atoms with Crippen molar-refractivity contribution in [3.63, 3.8) is 0 Å². The molecule has 0 aliphatic carbocycles. The molecule has 0 saturated heterocycles. The molecule has 0 amide bonds. The molecule has 6 heteroatoms. The SMILES string of the molecule is CC(C)CCCc1cc(C(F)(F)F)cc(C(F)(F)F)c1. The summed E-state index contributed by atoms with van der Waals surface area (Å²) in [5.41, 5.74) is -2.41. The quantitative estimate of drug-likeness (QED) is 0.625. The molecule has 0 aromatic heterocycles. The van der Waals surface area contributed by atoms with Gasteiger partial charge in [0.05, 0.1) is 11.1 Å². The molecule has 1 rings (SSSR count). The molecule has 0 nitrogen and oxygen atoms in total. The number of hydrogen-bond acceptors (Lipinski definition) is 0. The molecule has 0 aliphatic heterocycles. The normalized spacial score (nSPS) is 13.1. The zero-order valence-corrected chi connectivity index (χ0v) is 11.2. The highest BCUT2D eigenvalue weighted by Crippen LogP contribution is 2.36. The molecule has 0 fully saturated rings. The third-order valence-electron chi connectivity index (χ3n) is 2.89.